The van der Waals surface area contributed by atoms with Gasteiger partial charge in [-0.15, -0.1) is 0 Å². The van der Waals surface area contributed by atoms with Gasteiger partial charge in [-0.05, 0) is 103 Å². The van der Waals surface area contributed by atoms with E-state index < -0.39 is 16.1 Å². The van der Waals surface area contributed by atoms with Crippen molar-refractivity contribution in [3.05, 3.63) is 103 Å². The molecule has 1 aliphatic carbocycles. The van der Waals surface area contributed by atoms with E-state index in [0.717, 1.165) is 50.6 Å². The molecule has 0 bridgehead atoms. The van der Waals surface area contributed by atoms with Gasteiger partial charge < -0.3 is 0 Å². The molecule has 0 unspecified atom stereocenters. The van der Waals surface area contributed by atoms with Crippen molar-refractivity contribution in [2.45, 2.75) is 49.1 Å². The van der Waals surface area contributed by atoms with Gasteiger partial charge in [-0.25, -0.2) is 13.4 Å². The summed E-state index contributed by atoms with van der Waals surface area (Å²) in [6.45, 7) is 0.285. The molecule has 6 rings (SSSR count). The molecule has 6 nitrogen and oxygen atoms in total. The number of carbonyl (C=O) groups is 1. The van der Waals surface area contributed by atoms with E-state index in [4.69, 9.17) is 16.7 Å². The summed E-state index contributed by atoms with van der Waals surface area (Å²) < 4.78 is 30.6. The van der Waals surface area contributed by atoms with Crippen LogP contribution in [0.5, 0.6) is 0 Å². The minimum absolute atomic E-state index is 0.0262. The number of rotatable bonds is 5. The smallest absolute Gasteiger partial charge is 0.261 e. The molecule has 1 amide bonds. The van der Waals surface area contributed by atoms with Crippen LogP contribution in [0.15, 0.2) is 97.3 Å². The summed E-state index contributed by atoms with van der Waals surface area (Å²) in [5, 5.41) is 7.05. The molecule has 0 spiro atoms. The standard InChI is InChI=1S/C31H28Br2ClN3O3S/c32-23-10-6-20(7-11-23)19-22-3-1-4-27-29(22)35-37(30(27)21-8-12-24(33)13-9-21)31(38)28-5-2-18-36(28)41(39,40)26-16-14-25(34)15-17-26/h6-17,19,27-28,30H,1-5,18H2/b22-19-/t27-,28+,30+/m1/s1. The number of halogens is 3. The van der Waals surface area contributed by atoms with E-state index in [1.54, 1.807) is 17.1 Å². The minimum Gasteiger partial charge on any atom is -0.271 e. The van der Waals surface area contributed by atoms with Crippen molar-refractivity contribution in [3.8, 4) is 0 Å². The lowest BCUT2D eigenvalue weighted by atomic mass is 9.77. The fourth-order valence-electron chi connectivity index (χ4n) is 6.11. The highest BCUT2D eigenvalue weighted by atomic mass is 79.9. The largest absolute Gasteiger partial charge is 0.271 e. The van der Waals surface area contributed by atoms with Crippen LogP contribution in [0.25, 0.3) is 6.08 Å². The second-order valence-corrected chi connectivity index (χ2v) is 14.8. The maximum atomic E-state index is 14.3. The molecule has 10 heteroatoms. The van der Waals surface area contributed by atoms with Gasteiger partial charge in [0.15, 0.2) is 0 Å². The van der Waals surface area contributed by atoms with Gasteiger partial charge in [0.2, 0.25) is 10.0 Å². The molecule has 3 aliphatic rings. The molecule has 3 aromatic carbocycles. The normalized spacial score (nSPS) is 24.0. The zero-order valence-electron chi connectivity index (χ0n) is 22.1. The molecule has 0 N–H and O–H groups in total. The lowest BCUT2D eigenvalue weighted by Gasteiger charge is -2.32. The molecule has 3 aromatic rings. The second kappa shape index (κ2) is 11.8. The highest BCUT2D eigenvalue weighted by molar-refractivity contribution is 9.10. The molecule has 2 heterocycles. The molecule has 0 radical (unpaired) electrons. The van der Waals surface area contributed by atoms with Crippen LogP contribution < -0.4 is 0 Å². The molecular weight excluding hydrogens is 690 g/mol. The monoisotopic (exact) mass is 715 g/mol. The number of nitrogens with zero attached hydrogens (tertiary/aromatic N) is 3. The number of sulfonamides is 1. The summed E-state index contributed by atoms with van der Waals surface area (Å²) in [4.78, 5) is 14.5. The van der Waals surface area contributed by atoms with E-state index >= 15 is 0 Å². The summed E-state index contributed by atoms with van der Waals surface area (Å²) in [6.07, 6.45) is 5.99. The average Bonchev–Trinajstić information content (AvgIpc) is 3.62. The lowest BCUT2D eigenvalue weighted by molar-refractivity contribution is -0.137. The van der Waals surface area contributed by atoms with Gasteiger partial charge in [0.1, 0.15) is 6.04 Å². The topological polar surface area (TPSA) is 70.1 Å². The predicted molar refractivity (Wildman–Crippen MR) is 169 cm³/mol. The molecule has 2 fully saturated rings. The van der Waals surface area contributed by atoms with E-state index in [-0.39, 0.29) is 29.3 Å². The van der Waals surface area contributed by atoms with Gasteiger partial charge in [-0.1, -0.05) is 67.7 Å². The number of fused-ring (bicyclic) bond motifs is 1. The molecule has 2 aliphatic heterocycles. The highest BCUT2D eigenvalue weighted by Crippen LogP contribution is 2.45. The third-order valence-electron chi connectivity index (χ3n) is 8.06. The maximum absolute atomic E-state index is 14.3. The summed E-state index contributed by atoms with van der Waals surface area (Å²) in [5.41, 5.74) is 4.11. The Balaban J connectivity index is 1.38. The number of amides is 1. The van der Waals surface area contributed by atoms with Gasteiger partial charge in [-0.2, -0.15) is 9.41 Å². The summed E-state index contributed by atoms with van der Waals surface area (Å²) in [6, 6.07) is 21.1. The van der Waals surface area contributed by atoms with Crippen LogP contribution in [0, 0.1) is 5.92 Å². The third-order valence-corrected chi connectivity index (χ3v) is 11.3. The molecule has 3 atom stereocenters. The van der Waals surface area contributed by atoms with Crippen molar-refractivity contribution in [2.75, 3.05) is 6.54 Å². The third kappa shape index (κ3) is 5.71. The Bertz CT molecular complexity index is 1620. The Kier molecular flexibility index (Phi) is 8.26. The van der Waals surface area contributed by atoms with Crippen LogP contribution in [0.2, 0.25) is 5.02 Å². The van der Waals surface area contributed by atoms with E-state index in [0.29, 0.717) is 17.9 Å². The Labute approximate surface area is 262 Å². The zero-order valence-corrected chi connectivity index (χ0v) is 26.8. The van der Waals surface area contributed by atoms with Crippen molar-refractivity contribution in [3.63, 3.8) is 0 Å². The van der Waals surface area contributed by atoms with Crippen LogP contribution in [0.3, 0.4) is 0 Å². The molecule has 0 aromatic heterocycles. The van der Waals surface area contributed by atoms with Crippen LogP contribution in [-0.4, -0.2) is 41.9 Å². The number of hydrazone groups is 1. The van der Waals surface area contributed by atoms with Gasteiger partial charge >= 0.3 is 0 Å². The van der Waals surface area contributed by atoms with Crippen molar-refractivity contribution in [2.24, 2.45) is 11.0 Å². The van der Waals surface area contributed by atoms with E-state index in [9.17, 15) is 13.2 Å². The fraction of sp³-hybridized carbons (Fsp3) is 0.290. The number of benzene rings is 3. The van der Waals surface area contributed by atoms with E-state index in [2.05, 4.69) is 50.1 Å². The molecule has 41 heavy (non-hydrogen) atoms. The highest BCUT2D eigenvalue weighted by Gasteiger charge is 2.48. The summed E-state index contributed by atoms with van der Waals surface area (Å²) in [5.74, 6) is -0.254. The average molecular weight is 718 g/mol. The quantitative estimate of drug-likeness (QED) is 0.270. The first-order chi connectivity index (χ1) is 19.7. The van der Waals surface area contributed by atoms with Crippen LogP contribution in [-0.2, 0) is 14.8 Å². The van der Waals surface area contributed by atoms with Crippen LogP contribution in [0.4, 0.5) is 0 Å². The van der Waals surface area contributed by atoms with E-state index in [1.807, 2.05) is 36.4 Å². The summed E-state index contributed by atoms with van der Waals surface area (Å²) >= 11 is 13.0. The van der Waals surface area contributed by atoms with Crippen molar-refractivity contribution in [1.29, 1.82) is 0 Å². The van der Waals surface area contributed by atoms with Gasteiger partial charge in [0.05, 0.1) is 16.6 Å². The zero-order chi connectivity index (χ0) is 28.7. The SMILES string of the molecule is O=C([C@@H]1CCCN1S(=O)(=O)c1ccc(Cl)cc1)N1N=C2/C(=C\c3ccc(Br)cc3)CCC[C@H]2[C@@H]1c1ccc(Br)cc1. The fourth-order valence-corrected chi connectivity index (χ4v) is 8.41. The number of carbonyl (C=O) groups excluding carboxylic acids is 1. The first-order valence-corrected chi connectivity index (χ1v) is 17.0. The Hall–Kier alpha value is -2.30. The Morgan fingerprint density at radius 2 is 1.56 bits per heavy atom. The van der Waals surface area contributed by atoms with Crippen LogP contribution >= 0.6 is 43.5 Å². The second-order valence-electron chi connectivity index (χ2n) is 10.6. The van der Waals surface area contributed by atoms with Crippen molar-refractivity contribution >= 4 is 71.2 Å². The Morgan fingerprint density at radius 1 is 0.902 bits per heavy atom. The number of hydrogen-bond donors (Lipinski definition) is 0. The van der Waals surface area contributed by atoms with Gasteiger partial charge in [0, 0.05) is 26.4 Å². The van der Waals surface area contributed by atoms with E-state index in [1.165, 1.54) is 16.4 Å². The summed E-state index contributed by atoms with van der Waals surface area (Å²) in [7, 11) is -3.89. The number of allylic oxidation sites excluding steroid dienone is 1. The lowest BCUT2D eigenvalue weighted by Crippen LogP contribution is -2.46. The number of hydrogen-bond acceptors (Lipinski definition) is 4. The van der Waals surface area contributed by atoms with Crippen molar-refractivity contribution in [1.82, 2.24) is 9.31 Å². The van der Waals surface area contributed by atoms with Crippen LogP contribution in [0.1, 0.15) is 49.3 Å². The first-order valence-electron chi connectivity index (χ1n) is 13.6. The van der Waals surface area contributed by atoms with Gasteiger partial charge in [0.25, 0.3) is 5.91 Å². The minimum atomic E-state index is -3.89. The molecular formula is C31H28Br2ClN3O3S. The predicted octanol–water partition coefficient (Wildman–Crippen LogP) is 7.84. The van der Waals surface area contributed by atoms with Gasteiger partial charge in [-0.3, -0.25) is 4.79 Å². The molecule has 1 saturated heterocycles. The molecule has 1 saturated carbocycles. The molecule has 212 valence electrons. The first kappa shape index (κ1) is 28.8. The van der Waals surface area contributed by atoms with Crippen molar-refractivity contribution < 1.29 is 13.2 Å². The maximum Gasteiger partial charge on any atom is 0.261 e. The Morgan fingerprint density at radius 3 is 2.24 bits per heavy atom.